The van der Waals surface area contributed by atoms with Crippen molar-refractivity contribution in [3.05, 3.63) is 39.3 Å². The SMILES string of the molecule is Cc1ccc(Nc2nc(C(=O)O)cs2)cc1Br. The molecular weight excluding hydrogens is 304 g/mol. The molecule has 0 bridgehead atoms. The summed E-state index contributed by atoms with van der Waals surface area (Å²) in [5.74, 6) is -1.01. The predicted octanol–water partition coefficient (Wildman–Crippen LogP) is 3.66. The van der Waals surface area contributed by atoms with Crippen LogP contribution in [0.25, 0.3) is 0 Å². The van der Waals surface area contributed by atoms with Gasteiger partial charge in [-0.15, -0.1) is 11.3 Å². The van der Waals surface area contributed by atoms with Crippen LogP contribution in [0.5, 0.6) is 0 Å². The molecule has 1 aromatic carbocycles. The lowest BCUT2D eigenvalue weighted by atomic mass is 10.2. The molecule has 17 heavy (non-hydrogen) atoms. The van der Waals surface area contributed by atoms with Gasteiger partial charge < -0.3 is 10.4 Å². The number of hydrogen-bond donors (Lipinski definition) is 2. The molecule has 1 heterocycles. The lowest BCUT2D eigenvalue weighted by Gasteiger charge is -2.04. The molecule has 1 aromatic heterocycles. The Labute approximate surface area is 110 Å². The van der Waals surface area contributed by atoms with E-state index in [0.29, 0.717) is 5.13 Å². The van der Waals surface area contributed by atoms with E-state index in [4.69, 9.17) is 5.11 Å². The van der Waals surface area contributed by atoms with Crippen LogP contribution in [0.1, 0.15) is 16.1 Å². The lowest BCUT2D eigenvalue weighted by molar-refractivity contribution is 0.0691. The molecule has 88 valence electrons. The summed E-state index contributed by atoms with van der Waals surface area (Å²) >= 11 is 4.70. The number of halogens is 1. The zero-order chi connectivity index (χ0) is 12.4. The Morgan fingerprint density at radius 2 is 2.29 bits per heavy atom. The third kappa shape index (κ3) is 2.83. The molecule has 4 nitrogen and oxygen atoms in total. The zero-order valence-corrected chi connectivity index (χ0v) is 11.3. The summed E-state index contributed by atoms with van der Waals surface area (Å²) in [4.78, 5) is 14.6. The van der Waals surface area contributed by atoms with Crippen molar-refractivity contribution >= 4 is 44.1 Å². The van der Waals surface area contributed by atoms with E-state index in [0.717, 1.165) is 15.7 Å². The summed E-state index contributed by atoms with van der Waals surface area (Å²) in [5.41, 5.74) is 2.07. The van der Waals surface area contributed by atoms with Gasteiger partial charge in [-0.25, -0.2) is 9.78 Å². The van der Waals surface area contributed by atoms with Crippen LogP contribution in [0.15, 0.2) is 28.1 Å². The van der Waals surface area contributed by atoms with Gasteiger partial charge in [0.25, 0.3) is 0 Å². The van der Waals surface area contributed by atoms with Gasteiger partial charge in [0.1, 0.15) is 0 Å². The molecule has 6 heteroatoms. The van der Waals surface area contributed by atoms with Crippen LogP contribution < -0.4 is 5.32 Å². The molecule has 0 saturated heterocycles. The Morgan fingerprint density at radius 1 is 1.53 bits per heavy atom. The minimum absolute atomic E-state index is 0.0590. The first-order chi connectivity index (χ1) is 8.06. The van der Waals surface area contributed by atoms with Crippen molar-refractivity contribution in [3.63, 3.8) is 0 Å². The summed E-state index contributed by atoms with van der Waals surface area (Å²) in [7, 11) is 0. The standard InChI is InChI=1S/C11H9BrN2O2S/c1-6-2-3-7(4-8(6)12)13-11-14-9(5-17-11)10(15)16/h2-5H,1H3,(H,13,14)(H,15,16). The fourth-order valence-electron chi connectivity index (χ4n) is 1.22. The number of carboxylic acid groups (broad SMARTS) is 1. The first-order valence-corrected chi connectivity index (χ1v) is 6.45. The van der Waals surface area contributed by atoms with E-state index >= 15 is 0 Å². The van der Waals surface area contributed by atoms with Crippen molar-refractivity contribution in [1.82, 2.24) is 4.98 Å². The second kappa shape index (κ2) is 4.85. The van der Waals surface area contributed by atoms with Crippen LogP contribution in [0.3, 0.4) is 0 Å². The van der Waals surface area contributed by atoms with E-state index in [1.54, 1.807) is 0 Å². The number of nitrogens with zero attached hydrogens (tertiary/aromatic N) is 1. The van der Waals surface area contributed by atoms with Crippen molar-refractivity contribution < 1.29 is 9.90 Å². The lowest BCUT2D eigenvalue weighted by Crippen LogP contribution is -1.97. The average Bonchev–Trinajstić information content (AvgIpc) is 2.72. The number of anilines is 2. The van der Waals surface area contributed by atoms with E-state index in [9.17, 15) is 4.79 Å². The van der Waals surface area contributed by atoms with Crippen molar-refractivity contribution in [2.24, 2.45) is 0 Å². The first kappa shape index (κ1) is 12.1. The van der Waals surface area contributed by atoms with Gasteiger partial charge >= 0.3 is 5.97 Å². The molecule has 0 saturated carbocycles. The van der Waals surface area contributed by atoms with Crippen LogP contribution >= 0.6 is 27.3 Å². The minimum atomic E-state index is -1.01. The molecule has 2 N–H and O–H groups in total. The van der Waals surface area contributed by atoms with Gasteiger partial charge in [0.2, 0.25) is 0 Å². The molecule has 0 unspecified atom stereocenters. The van der Waals surface area contributed by atoms with E-state index in [1.165, 1.54) is 16.7 Å². The molecule has 0 aliphatic carbocycles. The van der Waals surface area contributed by atoms with E-state index in [-0.39, 0.29) is 5.69 Å². The highest BCUT2D eigenvalue weighted by atomic mass is 79.9. The molecule has 0 atom stereocenters. The molecular formula is C11H9BrN2O2S. The highest BCUT2D eigenvalue weighted by Gasteiger charge is 2.08. The highest BCUT2D eigenvalue weighted by Crippen LogP contribution is 2.25. The summed E-state index contributed by atoms with van der Waals surface area (Å²) in [6, 6.07) is 5.82. The summed E-state index contributed by atoms with van der Waals surface area (Å²) in [5, 5.41) is 13.9. The number of hydrogen-bond acceptors (Lipinski definition) is 4. The second-order valence-corrected chi connectivity index (χ2v) is 5.14. The smallest absolute Gasteiger partial charge is 0.355 e. The topological polar surface area (TPSA) is 62.2 Å². The number of benzene rings is 1. The largest absolute Gasteiger partial charge is 0.476 e. The number of aryl methyl sites for hydroxylation is 1. The highest BCUT2D eigenvalue weighted by molar-refractivity contribution is 9.10. The maximum Gasteiger partial charge on any atom is 0.355 e. The number of carboxylic acids is 1. The van der Waals surface area contributed by atoms with Crippen LogP contribution in [0, 0.1) is 6.92 Å². The van der Waals surface area contributed by atoms with Gasteiger partial charge in [-0.1, -0.05) is 22.0 Å². The third-order valence-corrected chi connectivity index (χ3v) is 3.76. The van der Waals surface area contributed by atoms with Crippen molar-refractivity contribution in [3.8, 4) is 0 Å². The Hall–Kier alpha value is -1.40. The molecule has 0 aliphatic heterocycles. The van der Waals surface area contributed by atoms with Gasteiger partial charge in [0, 0.05) is 15.5 Å². The maximum absolute atomic E-state index is 10.7. The summed E-state index contributed by atoms with van der Waals surface area (Å²) in [6.07, 6.45) is 0. The van der Waals surface area contributed by atoms with Gasteiger partial charge in [-0.3, -0.25) is 0 Å². The molecule has 0 radical (unpaired) electrons. The Morgan fingerprint density at radius 3 is 2.88 bits per heavy atom. The van der Waals surface area contributed by atoms with Crippen molar-refractivity contribution in [1.29, 1.82) is 0 Å². The van der Waals surface area contributed by atoms with Crippen LogP contribution in [-0.4, -0.2) is 16.1 Å². The van der Waals surface area contributed by atoms with Gasteiger partial charge in [-0.05, 0) is 24.6 Å². The minimum Gasteiger partial charge on any atom is -0.476 e. The fraction of sp³-hybridized carbons (Fsp3) is 0.0909. The quantitative estimate of drug-likeness (QED) is 0.908. The monoisotopic (exact) mass is 312 g/mol. The Balaban J connectivity index is 2.19. The predicted molar refractivity (Wildman–Crippen MR) is 71.2 cm³/mol. The van der Waals surface area contributed by atoms with E-state index in [2.05, 4.69) is 26.2 Å². The van der Waals surface area contributed by atoms with Crippen LogP contribution in [0.4, 0.5) is 10.8 Å². The molecule has 0 amide bonds. The average molecular weight is 313 g/mol. The first-order valence-electron chi connectivity index (χ1n) is 4.78. The number of carbonyl (C=O) groups is 1. The van der Waals surface area contributed by atoms with Crippen LogP contribution in [-0.2, 0) is 0 Å². The van der Waals surface area contributed by atoms with Crippen LogP contribution in [0.2, 0.25) is 0 Å². The molecule has 0 aliphatic rings. The second-order valence-electron chi connectivity index (χ2n) is 3.43. The summed E-state index contributed by atoms with van der Waals surface area (Å²) in [6.45, 7) is 2.00. The van der Waals surface area contributed by atoms with Gasteiger partial charge in [0.05, 0.1) is 0 Å². The Kier molecular flexibility index (Phi) is 3.44. The number of rotatable bonds is 3. The fourth-order valence-corrected chi connectivity index (χ4v) is 2.31. The number of aromatic carboxylic acids is 1. The normalized spacial score (nSPS) is 10.2. The van der Waals surface area contributed by atoms with Gasteiger partial charge in [0.15, 0.2) is 10.8 Å². The van der Waals surface area contributed by atoms with Crippen molar-refractivity contribution in [2.45, 2.75) is 6.92 Å². The molecule has 0 spiro atoms. The molecule has 2 aromatic rings. The zero-order valence-electron chi connectivity index (χ0n) is 8.90. The number of aromatic nitrogens is 1. The van der Waals surface area contributed by atoms with E-state index in [1.807, 2.05) is 25.1 Å². The summed E-state index contributed by atoms with van der Waals surface area (Å²) < 4.78 is 0.998. The van der Waals surface area contributed by atoms with E-state index < -0.39 is 5.97 Å². The number of nitrogens with one attached hydrogen (secondary N) is 1. The Bertz CT molecular complexity index is 568. The van der Waals surface area contributed by atoms with Crippen molar-refractivity contribution in [2.75, 3.05) is 5.32 Å². The number of thiazole rings is 1. The maximum atomic E-state index is 10.7. The molecule has 2 rings (SSSR count). The van der Waals surface area contributed by atoms with Gasteiger partial charge in [-0.2, -0.15) is 0 Å². The molecule has 0 fully saturated rings. The third-order valence-electron chi connectivity index (χ3n) is 2.15.